The molecule has 0 spiro atoms. The lowest BCUT2D eigenvalue weighted by molar-refractivity contribution is 0.655. The Labute approximate surface area is 105 Å². The third-order valence-corrected chi connectivity index (χ3v) is 2.91. The van der Waals surface area contributed by atoms with Crippen molar-refractivity contribution in [2.24, 2.45) is 0 Å². The van der Waals surface area contributed by atoms with E-state index in [0.29, 0.717) is 0 Å². The van der Waals surface area contributed by atoms with E-state index in [0.717, 1.165) is 34.4 Å². The molecule has 0 aliphatic rings. The first-order valence-electron chi connectivity index (χ1n) is 5.90. The van der Waals surface area contributed by atoms with E-state index in [4.69, 9.17) is 10.5 Å². The summed E-state index contributed by atoms with van der Waals surface area (Å²) in [5, 5.41) is 21.6. The van der Waals surface area contributed by atoms with E-state index in [1.165, 1.54) is 0 Å². The Morgan fingerprint density at radius 3 is 1.94 bits per heavy atom. The Kier molecular flexibility index (Phi) is 3.46. The molecule has 0 aliphatic heterocycles. The van der Waals surface area contributed by atoms with Gasteiger partial charge in [-0.15, -0.1) is 0 Å². The first-order chi connectivity index (χ1) is 8.83. The van der Waals surface area contributed by atoms with E-state index in [9.17, 15) is 0 Å². The maximum absolute atomic E-state index is 8.92. The van der Waals surface area contributed by atoms with Crippen molar-refractivity contribution in [1.82, 2.24) is 4.57 Å². The van der Waals surface area contributed by atoms with E-state index >= 15 is 0 Å². The van der Waals surface area contributed by atoms with Crippen LogP contribution in [0.15, 0.2) is 24.3 Å². The molecule has 0 saturated heterocycles. The fraction of sp³-hybridized carbons (Fsp3) is 0.200. The van der Waals surface area contributed by atoms with Crippen LogP contribution < -0.4 is 10.7 Å². The molecule has 0 amide bonds. The zero-order valence-corrected chi connectivity index (χ0v) is 10.2. The molecule has 1 aromatic heterocycles. The average Bonchev–Trinajstić information content (AvgIpc) is 2.67. The number of aromatic nitrogens is 1. The van der Waals surface area contributed by atoms with Crippen LogP contribution in [0.4, 0.5) is 0 Å². The lowest BCUT2D eigenvalue weighted by Crippen LogP contribution is -2.26. The molecule has 1 heterocycles. The first kappa shape index (κ1) is 12.0. The highest BCUT2D eigenvalue weighted by molar-refractivity contribution is 5.85. The normalized spacial score (nSPS) is 12.6. The van der Waals surface area contributed by atoms with Crippen LogP contribution in [0.3, 0.4) is 0 Å². The number of rotatable bonds is 2. The first-order valence-corrected chi connectivity index (χ1v) is 5.90. The molecule has 3 nitrogen and oxygen atoms in total. The highest BCUT2D eigenvalue weighted by Gasteiger charge is 2.05. The summed E-state index contributed by atoms with van der Waals surface area (Å²) in [5.41, 5.74) is 0. The van der Waals surface area contributed by atoms with Gasteiger partial charge in [-0.25, -0.2) is 0 Å². The quantitative estimate of drug-likeness (QED) is 0.795. The minimum Gasteiger partial charge on any atom is -0.339 e. The largest absolute Gasteiger partial charge is 0.339 e. The van der Waals surface area contributed by atoms with Crippen molar-refractivity contribution in [3.8, 4) is 12.1 Å². The Hall–Kier alpha value is -2.52. The Morgan fingerprint density at radius 1 is 1.06 bits per heavy atom. The van der Waals surface area contributed by atoms with Gasteiger partial charge >= 0.3 is 0 Å². The van der Waals surface area contributed by atoms with Crippen LogP contribution in [-0.4, -0.2) is 4.57 Å². The van der Waals surface area contributed by atoms with Gasteiger partial charge in [-0.2, -0.15) is 10.5 Å². The minimum absolute atomic E-state index is 0.801. The molecule has 0 unspecified atom stereocenters. The number of fused-ring (bicyclic) bond motifs is 1. The molecule has 88 valence electrons. The maximum atomic E-state index is 8.92. The molecule has 0 aliphatic carbocycles. The zero-order chi connectivity index (χ0) is 13.0. The summed E-state index contributed by atoms with van der Waals surface area (Å²) in [5.74, 6) is 0. The van der Waals surface area contributed by atoms with Crippen molar-refractivity contribution in [3.05, 3.63) is 35.0 Å². The van der Waals surface area contributed by atoms with Crippen LogP contribution in [0, 0.1) is 22.7 Å². The van der Waals surface area contributed by atoms with Gasteiger partial charge in [0, 0.05) is 29.5 Å². The molecule has 0 bridgehead atoms. The second kappa shape index (κ2) is 5.21. The lowest BCUT2D eigenvalue weighted by Gasteiger charge is -2.00. The van der Waals surface area contributed by atoms with E-state index in [1.807, 2.05) is 28.8 Å². The van der Waals surface area contributed by atoms with Gasteiger partial charge in [0.05, 0.1) is 22.8 Å². The number of hydrogen-bond donors (Lipinski definition) is 0. The summed E-state index contributed by atoms with van der Waals surface area (Å²) >= 11 is 0. The number of nitriles is 2. The van der Waals surface area contributed by atoms with Crippen molar-refractivity contribution >= 4 is 22.9 Å². The Balaban J connectivity index is 3.03. The van der Waals surface area contributed by atoms with Gasteiger partial charge in [0.25, 0.3) is 0 Å². The number of nitrogens with zero attached hydrogens (tertiary/aromatic N) is 3. The van der Waals surface area contributed by atoms with E-state index in [2.05, 4.69) is 19.1 Å². The molecular formula is C15H13N3. The molecule has 0 saturated carbocycles. The molecule has 2 aromatic rings. The van der Waals surface area contributed by atoms with Gasteiger partial charge in [-0.05, 0) is 6.42 Å². The third-order valence-electron chi connectivity index (χ3n) is 2.91. The van der Waals surface area contributed by atoms with Crippen LogP contribution >= 0.6 is 0 Å². The van der Waals surface area contributed by atoms with Gasteiger partial charge in [0.15, 0.2) is 0 Å². The van der Waals surface area contributed by atoms with Gasteiger partial charge in [-0.3, -0.25) is 0 Å². The van der Waals surface area contributed by atoms with Crippen LogP contribution in [0.1, 0.15) is 13.3 Å². The van der Waals surface area contributed by atoms with E-state index in [1.54, 1.807) is 12.2 Å². The Bertz CT molecular complexity index is 704. The SMILES string of the molecule is CCCn1/c(=C/C#N)c2ccccc2/c1=C\C#N. The highest BCUT2D eigenvalue weighted by Crippen LogP contribution is 2.05. The molecular weight excluding hydrogens is 222 g/mol. The fourth-order valence-corrected chi connectivity index (χ4v) is 2.25. The molecule has 0 fully saturated rings. The Morgan fingerprint density at radius 2 is 1.56 bits per heavy atom. The van der Waals surface area contributed by atoms with E-state index in [-0.39, 0.29) is 0 Å². The third kappa shape index (κ3) is 1.87. The topological polar surface area (TPSA) is 52.5 Å². The van der Waals surface area contributed by atoms with Crippen molar-refractivity contribution in [2.45, 2.75) is 19.9 Å². The summed E-state index contributed by atoms with van der Waals surface area (Å²) in [6.45, 7) is 2.88. The summed E-state index contributed by atoms with van der Waals surface area (Å²) < 4.78 is 2.04. The van der Waals surface area contributed by atoms with Crippen LogP contribution in [-0.2, 0) is 6.54 Å². The monoisotopic (exact) mass is 235 g/mol. The van der Waals surface area contributed by atoms with E-state index < -0.39 is 0 Å². The summed E-state index contributed by atoms with van der Waals surface area (Å²) in [7, 11) is 0. The average molecular weight is 235 g/mol. The van der Waals surface area contributed by atoms with Crippen molar-refractivity contribution in [1.29, 1.82) is 10.5 Å². The van der Waals surface area contributed by atoms with Crippen LogP contribution in [0.5, 0.6) is 0 Å². The summed E-state index contributed by atoms with van der Waals surface area (Å²) in [6, 6.07) is 12.0. The zero-order valence-electron chi connectivity index (χ0n) is 10.2. The number of benzene rings is 1. The molecule has 18 heavy (non-hydrogen) atoms. The standard InChI is InChI=1S/C15H13N3/c1-2-11-18-14(7-9-16)12-5-3-4-6-13(12)15(18)8-10-17/h3-8H,2,11H2,1H3/b14-7+,15-8+. The number of hydrogen-bond acceptors (Lipinski definition) is 2. The van der Waals surface area contributed by atoms with Gasteiger partial charge < -0.3 is 4.57 Å². The molecule has 0 radical (unpaired) electrons. The van der Waals surface area contributed by atoms with Crippen molar-refractivity contribution < 1.29 is 0 Å². The second-order valence-electron chi connectivity index (χ2n) is 4.01. The smallest absolute Gasteiger partial charge is 0.0934 e. The van der Waals surface area contributed by atoms with Crippen LogP contribution in [0.25, 0.3) is 22.9 Å². The molecule has 0 atom stereocenters. The fourth-order valence-electron chi connectivity index (χ4n) is 2.25. The molecule has 2 rings (SSSR count). The van der Waals surface area contributed by atoms with Gasteiger partial charge in [0.2, 0.25) is 0 Å². The van der Waals surface area contributed by atoms with Crippen molar-refractivity contribution in [3.63, 3.8) is 0 Å². The predicted molar refractivity (Wildman–Crippen MR) is 71.6 cm³/mol. The maximum Gasteiger partial charge on any atom is 0.0934 e. The van der Waals surface area contributed by atoms with Crippen LogP contribution in [0.2, 0.25) is 0 Å². The van der Waals surface area contributed by atoms with Gasteiger partial charge in [0.1, 0.15) is 0 Å². The summed E-state index contributed by atoms with van der Waals surface area (Å²) in [6.07, 6.45) is 4.05. The molecule has 1 aromatic carbocycles. The van der Waals surface area contributed by atoms with Crippen molar-refractivity contribution in [2.75, 3.05) is 0 Å². The molecule has 0 N–H and O–H groups in total. The summed E-state index contributed by atoms with van der Waals surface area (Å²) in [4.78, 5) is 0. The predicted octanol–water partition coefficient (Wildman–Crippen LogP) is 1.66. The van der Waals surface area contributed by atoms with Gasteiger partial charge in [-0.1, -0.05) is 31.2 Å². The lowest BCUT2D eigenvalue weighted by atomic mass is 10.2. The minimum atomic E-state index is 0.801. The second-order valence-corrected chi connectivity index (χ2v) is 4.01. The molecule has 3 heteroatoms. The highest BCUT2D eigenvalue weighted by atomic mass is 15.0.